The van der Waals surface area contributed by atoms with Crippen LogP contribution in [0, 0.1) is 0 Å². The Kier molecular flexibility index (Phi) is 3.46. The van der Waals surface area contributed by atoms with E-state index in [-0.39, 0.29) is 5.91 Å². The molecule has 0 aliphatic carbocycles. The van der Waals surface area contributed by atoms with Gasteiger partial charge in [0.2, 0.25) is 0 Å². The molecular weight excluding hydrogens is 294 g/mol. The summed E-state index contributed by atoms with van der Waals surface area (Å²) in [4.78, 5) is 15.1. The highest BCUT2D eigenvalue weighted by atomic mass is 35.5. The molecule has 0 unspecified atom stereocenters. The fourth-order valence-corrected chi connectivity index (χ4v) is 3.17. The van der Waals surface area contributed by atoms with Crippen molar-refractivity contribution in [2.75, 3.05) is 7.05 Å². The van der Waals surface area contributed by atoms with Gasteiger partial charge in [0.05, 0.1) is 22.6 Å². The predicted molar refractivity (Wildman–Crippen MR) is 81.2 cm³/mol. The largest absolute Gasteiger partial charge is 0.337 e. The minimum absolute atomic E-state index is 0.0222. The second-order valence-corrected chi connectivity index (χ2v) is 6.34. The second kappa shape index (κ2) is 5.26. The maximum atomic E-state index is 12.4. The van der Waals surface area contributed by atoms with E-state index in [0.29, 0.717) is 12.1 Å². The quantitative estimate of drug-likeness (QED) is 0.804. The minimum atomic E-state index is -0.0222. The number of benzene rings is 1. The SMILES string of the molecule is CN(Cc1ccc(Cl)s1)C(=O)c1ccc2cn[nH]c2c1. The van der Waals surface area contributed by atoms with Crippen molar-refractivity contribution >= 4 is 39.7 Å². The normalized spacial score (nSPS) is 10.9. The molecule has 4 nitrogen and oxygen atoms in total. The Hall–Kier alpha value is -1.85. The third kappa shape index (κ3) is 2.55. The molecule has 20 heavy (non-hydrogen) atoms. The van der Waals surface area contributed by atoms with Crippen molar-refractivity contribution < 1.29 is 4.79 Å². The molecule has 0 spiro atoms. The Balaban J connectivity index is 1.80. The highest BCUT2D eigenvalue weighted by Gasteiger charge is 2.13. The number of nitrogens with zero attached hydrogens (tertiary/aromatic N) is 2. The zero-order valence-corrected chi connectivity index (χ0v) is 12.3. The summed E-state index contributed by atoms with van der Waals surface area (Å²) in [7, 11) is 1.78. The number of carbonyl (C=O) groups excluding carboxylic acids is 1. The van der Waals surface area contributed by atoms with Gasteiger partial charge in [0, 0.05) is 22.9 Å². The Morgan fingerprint density at radius 1 is 1.40 bits per heavy atom. The molecule has 0 aliphatic rings. The van der Waals surface area contributed by atoms with Gasteiger partial charge in [-0.1, -0.05) is 17.7 Å². The van der Waals surface area contributed by atoms with E-state index >= 15 is 0 Å². The number of H-pyrrole nitrogens is 1. The topological polar surface area (TPSA) is 49.0 Å². The van der Waals surface area contributed by atoms with E-state index in [1.165, 1.54) is 11.3 Å². The summed E-state index contributed by atoms with van der Waals surface area (Å²) in [6, 6.07) is 9.31. The zero-order valence-electron chi connectivity index (χ0n) is 10.8. The number of halogens is 1. The Morgan fingerprint density at radius 3 is 3.00 bits per heavy atom. The maximum absolute atomic E-state index is 12.4. The lowest BCUT2D eigenvalue weighted by Gasteiger charge is -2.16. The molecule has 0 aliphatic heterocycles. The monoisotopic (exact) mass is 305 g/mol. The average Bonchev–Trinajstić information content (AvgIpc) is 3.05. The van der Waals surface area contributed by atoms with E-state index in [1.54, 1.807) is 18.1 Å². The lowest BCUT2D eigenvalue weighted by Crippen LogP contribution is -2.25. The van der Waals surface area contributed by atoms with E-state index in [9.17, 15) is 4.79 Å². The van der Waals surface area contributed by atoms with Gasteiger partial charge in [-0.15, -0.1) is 11.3 Å². The molecule has 3 rings (SSSR count). The molecule has 2 heterocycles. The number of hydrogen-bond donors (Lipinski definition) is 1. The summed E-state index contributed by atoms with van der Waals surface area (Å²) < 4.78 is 0.736. The smallest absolute Gasteiger partial charge is 0.253 e. The Labute approximate surface area is 125 Å². The van der Waals surface area contributed by atoms with Crippen LogP contribution in [-0.2, 0) is 6.54 Å². The van der Waals surface area contributed by atoms with Crippen molar-refractivity contribution in [2.24, 2.45) is 0 Å². The Bertz CT molecular complexity index is 764. The Morgan fingerprint density at radius 2 is 2.25 bits per heavy atom. The van der Waals surface area contributed by atoms with Crippen molar-refractivity contribution in [2.45, 2.75) is 6.54 Å². The number of rotatable bonds is 3. The average molecular weight is 306 g/mol. The molecule has 1 amide bonds. The lowest BCUT2D eigenvalue weighted by atomic mass is 10.1. The summed E-state index contributed by atoms with van der Waals surface area (Å²) in [5, 5.41) is 7.82. The molecule has 1 aromatic carbocycles. The number of aromatic amines is 1. The molecule has 0 saturated carbocycles. The van der Waals surface area contributed by atoms with Gasteiger partial charge in [0.25, 0.3) is 5.91 Å². The number of carbonyl (C=O) groups is 1. The van der Waals surface area contributed by atoms with Crippen LogP contribution in [0.1, 0.15) is 15.2 Å². The molecule has 0 fully saturated rings. The van der Waals surface area contributed by atoms with Gasteiger partial charge in [-0.05, 0) is 24.3 Å². The van der Waals surface area contributed by atoms with E-state index in [2.05, 4.69) is 10.2 Å². The highest BCUT2D eigenvalue weighted by Crippen LogP contribution is 2.23. The van der Waals surface area contributed by atoms with Crippen LogP contribution in [0.25, 0.3) is 10.9 Å². The summed E-state index contributed by atoms with van der Waals surface area (Å²) >= 11 is 7.39. The van der Waals surface area contributed by atoms with Crippen molar-refractivity contribution in [3.63, 3.8) is 0 Å². The predicted octanol–water partition coefficient (Wildman–Crippen LogP) is 3.55. The second-order valence-electron chi connectivity index (χ2n) is 4.54. The summed E-state index contributed by atoms with van der Waals surface area (Å²) in [6.45, 7) is 0.553. The van der Waals surface area contributed by atoms with Crippen LogP contribution in [0.5, 0.6) is 0 Å². The van der Waals surface area contributed by atoms with Gasteiger partial charge in [-0.2, -0.15) is 5.10 Å². The van der Waals surface area contributed by atoms with E-state index in [1.807, 2.05) is 30.3 Å². The molecule has 0 bridgehead atoms. The first-order valence-corrected chi connectivity index (χ1v) is 7.26. The fourth-order valence-electron chi connectivity index (χ4n) is 2.03. The van der Waals surface area contributed by atoms with Gasteiger partial charge in [-0.25, -0.2) is 0 Å². The van der Waals surface area contributed by atoms with Gasteiger partial charge < -0.3 is 4.90 Å². The first-order chi connectivity index (χ1) is 9.63. The lowest BCUT2D eigenvalue weighted by molar-refractivity contribution is 0.0786. The van der Waals surface area contributed by atoms with Crippen molar-refractivity contribution in [1.82, 2.24) is 15.1 Å². The standard InChI is InChI=1S/C14H12ClN3OS/c1-18(8-11-4-5-13(15)20-11)14(19)9-2-3-10-7-16-17-12(10)6-9/h2-7H,8H2,1H3,(H,16,17). The molecule has 3 aromatic rings. The number of amides is 1. The van der Waals surface area contributed by atoms with E-state index in [4.69, 9.17) is 11.6 Å². The van der Waals surface area contributed by atoms with Crippen molar-refractivity contribution in [1.29, 1.82) is 0 Å². The first kappa shape index (κ1) is 13.1. The van der Waals surface area contributed by atoms with Crippen LogP contribution >= 0.6 is 22.9 Å². The van der Waals surface area contributed by atoms with Gasteiger partial charge >= 0.3 is 0 Å². The minimum Gasteiger partial charge on any atom is -0.337 e. The number of nitrogens with one attached hydrogen (secondary N) is 1. The number of aromatic nitrogens is 2. The summed E-state index contributed by atoms with van der Waals surface area (Å²) in [5.41, 5.74) is 1.51. The molecular formula is C14H12ClN3OS. The molecule has 102 valence electrons. The molecule has 0 saturated heterocycles. The van der Waals surface area contributed by atoms with Gasteiger partial charge in [0.15, 0.2) is 0 Å². The van der Waals surface area contributed by atoms with Crippen molar-refractivity contribution in [3.05, 3.63) is 51.3 Å². The third-order valence-corrected chi connectivity index (χ3v) is 4.27. The number of hydrogen-bond acceptors (Lipinski definition) is 3. The first-order valence-electron chi connectivity index (χ1n) is 6.06. The molecule has 0 radical (unpaired) electrons. The molecule has 1 N–H and O–H groups in total. The number of fused-ring (bicyclic) bond motifs is 1. The molecule has 6 heteroatoms. The van der Waals surface area contributed by atoms with Crippen LogP contribution < -0.4 is 0 Å². The van der Waals surface area contributed by atoms with Crippen LogP contribution in [0.15, 0.2) is 36.5 Å². The van der Waals surface area contributed by atoms with Crippen LogP contribution in [0.3, 0.4) is 0 Å². The summed E-state index contributed by atoms with van der Waals surface area (Å²) in [6.07, 6.45) is 1.74. The van der Waals surface area contributed by atoms with Gasteiger partial charge in [0.1, 0.15) is 0 Å². The zero-order chi connectivity index (χ0) is 14.1. The van der Waals surface area contributed by atoms with Gasteiger partial charge in [-0.3, -0.25) is 9.89 Å². The van der Waals surface area contributed by atoms with Crippen LogP contribution in [-0.4, -0.2) is 28.1 Å². The highest BCUT2D eigenvalue weighted by molar-refractivity contribution is 7.16. The fraction of sp³-hybridized carbons (Fsp3) is 0.143. The van der Waals surface area contributed by atoms with Crippen LogP contribution in [0.2, 0.25) is 4.34 Å². The maximum Gasteiger partial charge on any atom is 0.253 e. The molecule has 0 atom stereocenters. The van der Waals surface area contributed by atoms with Crippen LogP contribution in [0.4, 0.5) is 0 Å². The van der Waals surface area contributed by atoms with Crippen molar-refractivity contribution in [3.8, 4) is 0 Å². The van der Waals surface area contributed by atoms with E-state index in [0.717, 1.165) is 20.1 Å². The molecule has 2 aromatic heterocycles. The van der Waals surface area contributed by atoms with E-state index < -0.39 is 0 Å². The third-order valence-electron chi connectivity index (χ3n) is 3.06. The summed E-state index contributed by atoms with van der Waals surface area (Å²) in [5.74, 6) is -0.0222. The number of thiophene rings is 1.